The molecule has 4 heterocycles. The Morgan fingerprint density at radius 3 is 2.79 bits per heavy atom. The molecular weight excluding hydrogens is 384 g/mol. The van der Waals surface area contributed by atoms with E-state index in [-0.39, 0.29) is 31.7 Å². The summed E-state index contributed by atoms with van der Waals surface area (Å²) in [6.45, 7) is 3.63. The summed E-state index contributed by atoms with van der Waals surface area (Å²) in [6.07, 6.45) is 2.19. The lowest BCUT2D eigenvalue weighted by Crippen LogP contribution is -2.51. The minimum atomic E-state index is -2.66. The van der Waals surface area contributed by atoms with E-state index in [1.54, 1.807) is 6.07 Å². The van der Waals surface area contributed by atoms with Crippen molar-refractivity contribution in [3.8, 4) is 0 Å². The van der Waals surface area contributed by atoms with Crippen LogP contribution in [0.3, 0.4) is 0 Å². The standard InChI is InChI=1S/C19H25F2N5OS/c1-2-19(20,21)8-3-9-23-16(27)14-6-7-15-17(24-14)28-18(25-15)26-12-4-5-13(26)11-22-10-12/h6-7,12-13,22H,2-5,8-11H2,1H3,(H,23,27). The number of fused-ring (bicyclic) bond motifs is 3. The Morgan fingerprint density at radius 1 is 1.32 bits per heavy atom. The van der Waals surface area contributed by atoms with Crippen molar-refractivity contribution in [2.24, 2.45) is 0 Å². The van der Waals surface area contributed by atoms with Gasteiger partial charge in [0.05, 0.1) is 0 Å². The molecule has 28 heavy (non-hydrogen) atoms. The van der Waals surface area contributed by atoms with Crippen molar-refractivity contribution in [2.45, 2.75) is 57.0 Å². The molecule has 152 valence electrons. The Morgan fingerprint density at radius 2 is 2.07 bits per heavy atom. The summed E-state index contributed by atoms with van der Waals surface area (Å²) in [5.74, 6) is -3.00. The van der Waals surface area contributed by atoms with Crippen LogP contribution < -0.4 is 15.5 Å². The number of nitrogens with one attached hydrogen (secondary N) is 2. The molecule has 0 radical (unpaired) electrons. The van der Waals surface area contributed by atoms with E-state index in [9.17, 15) is 13.6 Å². The van der Waals surface area contributed by atoms with Gasteiger partial charge in [-0.3, -0.25) is 4.79 Å². The van der Waals surface area contributed by atoms with Crippen LogP contribution in [0.25, 0.3) is 10.3 Å². The quantitative estimate of drug-likeness (QED) is 0.688. The molecule has 2 saturated heterocycles. The minimum Gasteiger partial charge on any atom is -0.351 e. The largest absolute Gasteiger partial charge is 0.351 e. The van der Waals surface area contributed by atoms with Crippen LogP contribution in [0.4, 0.5) is 13.9 Å². The SMILES string of the molecule is CCC(F)(F)CCCNC(=O)c1ccc2nc(N3C4CCC3CNC4)sc2n1. The number of amides is 1. The summed E-state index contributed by atoms with van der Waals surface area (Å²) in [4.78, 5) is 24.6. The van der Waals surface area contributed by atoms with Crippen molar-refractivity contribution in [2.75, 3.05) is 24.5 Å². The highest BCUT2D eigenvalue weighted by Crippen LogP contribution is 2.36. The molecule has 0 aromatic carbocycles. The van der Waals surface area contributed by atoms with Gasteiger partial charge in [-0.1, -0.05) is 18.3 Å². The second kappa shape index (κ2) is 7.87. The van der Waals surface area contributed by atoms with Gasteiger partial charge in [0.25, 0.3) is 5.91 Å². The molecule has 1 amide bonds. The fraction of sp³-hybridized carbons (Fsp3) is 0.632. The van der Waals surface area contributed by atoms with Crippen LogP contribution in [0.15, 0.2) is 12.1 Å². The molecule has 2 aromatic rings. The molecule has 9 heteroatoms. The van der Waals surface area contributed by atoms with E-state index in [0.29, 0.717) is 17.8 Å². The number of rotatable bonds is 7. The molecule has 2 atom stereocenters. The highest BCUT2D eigenvalue weighted by atomic mass is 32.1. The molecule has 2 aliphatic heterocycles. The van der Waals surface area contributed by atoms with E-state index >= 15 is 0 Å². The summed E-state index contributed by atoms with van der Waals surface area (Å²) in [7, 11) is 0. The number of anilines is 1. The van der Waals surface area contributed by atoms with E-state index in [0.717, 1.165) is 28.6 Å². The molecule has 2 bridgehead atoms. The van der Waals surface area contributed by atoms with Gasteiger partial charge in [0.15, 0.2) is 5.13 Å². The van der Waals surface area contributed by atoms with Crippen LogP contribution in [0.1, 0.15) is 49.5 Å². The first-order valence-electron chi connectivity index (χ1n) is 9.89. The van der Waals surface area contributed by atoms with Gasteiger partial charge in [0.1, 0.15) is 16.0 Å². The topological polar surface area (TPSA) is 70.2 Å². The zero-order valence-electron chi connectivity index (χ0n) is 15.9. The number of piperazine rings is 1. The lowest BCUT2D eigenvalue weighted by molar-refractivity contribution is -0.0130. The molecule has 4 rings (SSSR count). The van der Waals surface area contributed by atoms with E-state index < -0.39 is 5.92 Å². The highest BCUT2D eigenvalue weighted by Gasteiger charge is 2.38. The van der Waals surface area contributed by atoms with Gasteiger partial charge in [-0.25, -0.2) is 18.7 Å². The van der Waals surface area contributed by atoms with Crippen molar-refractivity contribution in [1.29, 1.82) is 0 Å². The van der Waals surface area contributed by atoms with Gasteiger partial charge in [0, 0.05) is 44.6 Å². The maximum absolute atomic E-state index is 13.3. The number of carbonyl (C=O) groups is 1. The maximum Gasteiger partial charge on any atom is 0.269 e. The minimum absolute atomic E-state index is 0.179. The number of halogens is 2. The zero-order valence-corrected chi connectivity index (χ0v) is 16.7. The first-order chi connectivity index (χ1) is 13.5. The van der Waals surface area contributed by atoms with Gasteiger partial charge in [-0.05, 0) is 31.4 Å². The smallest absolute Gasteiger partial charge is 0.269 e. The van der Waals surface area contributed by atoms with Crippen molar-refractivity contribution >= 4 is 32.7 Å². The van der Waals surface area contributed by atoms with Crippen LogP contribution >= 0.6 is 11.3 Å². The van der Waals surface area contributed by atoms with Crippen molar-refractivity contribution < 1.29 is 13.6 Å². The van der Waals surface area contributed by atoms with Gasteiger partial charge in [-0.2, -0.15) is 0 Å². The molecule has 0 spiro atoms. The zero-order chi connectivity index (χ0) is 19.7. The third-order valence-electron chi connectivity index (χ3n) is 5.60. The molecule has 0 saturated carbocycles. The van der Waals surface area contributed by atoms with Gasteiger partial charge < -0.3 is 15.5 Å². The van der Waals surface area contributed by atoms with E-state index in [4.69, 9.17) is 4.98 Å². The molecule has 2 N–H and O–H groups in total. The normalized spacial score (nSPS) is 22.0. The molecule has 0 aliphatic carbocycles. The molecule has 2 unspecified atom stereocenters. The second-order valence-corrected chi connectivity index (χ2v) is 8.49. The lowest BCUT2D eigenvalue weighted by atomic mass is 10.1. The van der Waals surface area contributed by atoms with Gasteiger partial charge in [-0.15, -0.1) is 0 Å². The van der Waals surface area contributed by atoms with Gasteiger partial charge >= 0.3 is 0 Å². The van der Waals surface area contributed by atoms with Crippen LogP contribution in [-0.2, 0) is 0 Å². The van der Waals surface area contributed by atoms with E-state index in [2.05, 4.69) is 20.5 Å². The maximum atomic E-state index is 13.3. The Labute approximate surface area is 166 Å². The number of aromatic nitrogens is 2. The lowest BCUT2D eigenvalue weighted by Gasteiger charge is -2.34. The molecule has 2 aliphatic rings. The predicted octanol–water partition coefficient (Wildman–Crippen LogP) is 3.19. The number of alkyl halides is 2. The number of pyridine rings is 1. The Bertz CT molecular complexity index is 842. The Kier molecular flexibility index (Phi) is 5.46. The van der Waals surface area contributed by atoms with Crippen molar-refractivity contribution in [3.05, 3.63) is 17.8 Å². The molecular formula is C19H25F2N5OS. The summed E-state index contributed by atoms with van der Waals surface area (Å²) in [6, 6.07) is 4.41. The average molecular weight is 410 g/mol. The first kappa shape index (κ1) is 19.4. The van der Waals surface area contributed by atoms with Crippen molar-refractivity contribution in [3.63, 3.8) is 0 Å². The number of hydrogen-bond acceptors (Lipinski definition) is 6. The predicted molar refractivity (Wildman–Crippen MR) is 106 cm³/mol. The summed E-state index contributed by atoms with van der Waals surface area (Å²) < 4.78 is 26.5. The third-order valence-corrected chi connectivity index (χ3v) is 6.58. The summed E-state index contributed by atoms with van der Waals surface area (Å²) >= 11 is 1.51. The molecule has 6 nitrogen and oxygen atoms in total. The Balaban J connectivity index is 1.41. The molecule has 2 fully saturated rings. The number of carbonyl (C=O) groups excluding carboxylic acids is 1. The number of thiazole rings is 1. The second-order valence-electron chi connectivity index (χ2n) is 7.54. The monoisotopic (exact) mass is 409 g/mol. The summed E-state index contributed by atoms with van der Waals surface area (Å²) in [5, 5.41) is 7.12. The summed E-state index contributed by atoms with van der Waals surface area (Å²) in [5.41, 5.74) is 1.09. The average Bonchev–Trinajstić information content (AvgIpc) is 3.21. The number of nitrogens with zero attached hydrogens (tertiary/aromatic N) is 3. The first-order valence-corrected chi connectivity index (χ1v) is 10.7. The Hall–Kier alpha value is -1.87. The van der Waals surface area contributed by atoms with E-state index in [1.807, 2.05) is 6.07 Å². The van der Waals surface area contributed by atoms with Gasteiger partial charge in [0.2, 0.25) is 5.92 Å². The van der Waals surface area contributed by atoms with Crippen LogP contribution in [0, 0.1) is 0 Å². The van der Waals surface area contributed by atoms with Crippen LogP contribution in [0.2, 0.25) is 0 Å². The highest BCUT2D eigenvalue weighted by molar-refractivity contribution is 7.21. The van der Waals surface area contributed by atoms with Crippen LogP contribution in [0.5, 0.6) is 0 Å². The fourth-order valence-electron chi connectivity index (χ4n) is 3.95. The number of hydrogen-bond donors (Lipinski definition) is 2. The molecule has 2 aromatic heterocycles. The fourth-order valence-corrected chi connectivity index (χ4v) is 5.03. The van der Waals surface area contributed by atoms with Crippen molar-refractivity contribution in [1.82, 2.24) is 20.6 Å². The van der Waals surface area contributed by atoms with Crippen LogP contribution in [-0.4, -0.2) is 53.5 Å². The third kappa shape index (κ3) is 3.96. The van der Waals surface area contributed by atoms with E-state index in [1.165, 1.54) is 31.1 Å².